The second-order valence-corrected chi connectivity index (χ2v) is 8.45. The molecule has 1 aromatic heterocycles. The third-order valence-corrected chi connectivity index (χ3v) is 5.45. The molecule has 1 N–H and O–H groups in total. The maximum Gasteiger partial charge on any atom is 0.340 e. The Morgan fingerprint density at radius 1 is 1.16 bits per heavy atom. The Morgan fingerprint density at radius 3 is 2.53 bits per heavy atom. The lowest BCUT2D eigenvalue weighted by molar-refractivity contribution is 0.0526. The molecule has 0 saturated heterocycles. The van der Waals surface area contributed by atoms with Crippen LogP contribution in [-0.4, -0.2) is 44.0 Å². The summed E-state index contributed by atoms with van der Waals surface area (Å²) in [5.41, 5.74) is 3.60. The number of carbonyl (C=O) groups excluding carboxylic acids is 1. The molecule has 32 heavy (non-hydrogen) atoms. The van der Waals surface area contributed by atoms with Crippen molar-refractivity contribution in [1.82, 2.24) is 4.98 Å². The first-order valence-electron chi connectivity index (χ1n) is 10.8. The molecule has 170 valence electrons. The van der Waals surface area contributed by atoms with Gasteiger partial charge >= 0.3 is 5.97 Å². The van der Waals surface area contributed by atoms with Gasteiger partial charge < -0.3 is 19.2 Å². The first-order valence-corrected chi connectivity index (χ1v) is 10.8. The number of fused-ring (bicyclic) bond motifs is 1. The molecule has 0 spiro atoms. The number of carbonyl (C=O) groups is 1. The van der Waals surface area contributed by atoms with Crippen molar-refractivity contribution in [1.29, 1.82) is 0 Å². The van der Waals surface area contributed by atoms with Crippen LogP contribution < -0.4 is 9.47 Å². The van der Waals surface area contributed by atoms with Crippen LogP contribution in [0.15, 0.2) is 41.4 Å². The number of nitrogens with zero attached hydrogens (tertiary/aromatic N) is 1. The van der Waals surface area contributed by atoms with Crippen LogP contribution in [-0.2, 0) is 10.2 Å². The standard InChI is InChI=1S/C26H32N2O4/c1-8-31-25(29)23-19-11-9-17(15-27-6)13-20(19)28-24(23)26(4,5)18-10-12-21(32-16(2)3)22(14-18)30-7/h9-16,28H,8H2,1-7H3. The van der Waals surface area contributed by atoms with Gasteiger partial charge in [0, 0.05) is 35.3 Å². The van der Waals surface area contributed by atoms with Crippen molar-refractivity contribution in [2.24, 2.45) is 4.99 Å². The Kier molecular flexibility index (Phi) is 6.92. The van der Waals surface area contributed by atoms with E-state index in [1.54, 1.807) is 20.4 Å². The molecule has 0 amide bonds. The topological polar surface area (TPSA) is 72.9 Å². The highest BCUT2D eigenvalue weighted by molar-refractivity contribution is 6.07. The van der Waals surface area contributed by atoms with Gasteiger partial charge in [0.15, 0.2) is 11.5 Å². The van der Waals surface area contributed by atoms with Crippen LogP contribution in [0.3, 0.4) is 0 Å². The van der Waals surface area contributed by atoms with E-state index < -0.39 is 5.41 Å². The SMILES string of the molecule is CCOC(=O)c1c(C(C)(C)c2ccc(OC(C)C)c(OC)c2)[nH]c2cc(C=NC)ccc12. The highest BCUT2D eigenvalue weighted by Crippen LogP contribution is 2.40. The Hall–Kier alpha value is -3.28. The van der Waals surface area contributed by atoms with Crippen molar-refractivity contribution in [2.75, 3.05) is 20.8 Å². The first-order chi connectivity index (χ1) is 15.2. The van der Waals surface area contributed by atoms with Crippen LogP contribution in [0, 0.1) is 0 Å². The molecule has 1 heterocycles. The van der Waals surface area contributed by atoms with E-state index >= 15 is 0 Å². The molecule has 0 saturated carbocycles. The minimum absolute atomic E-state index is 0.0349. The molecule has 0 radical (unpaired) electrons. The van der Waals surface area contributed by atoms with E-state index in [1.165, 1.54) is 0 Å². The van der Waals surface area contributed by atoms with Crippen molar-refractivity contribution in [3.63, 3.8) is 0 Å². The average molecular weight is 437 g/mol. The number of nitrogens with one attached hydrogen (secondary N) is 1. The minimum atomic E-state index is -0.538. The zero-order chi connectivity index (χ0) is 23.5. The summed E-state index contributed by atoms with van der Waals surface area (Å²) in [6, 6.07) is 11.8. The molecule has 0 atom stereocenters. The molecule has 0 fully saturated rings. The summed E-state index contributed by atoms with van der Waals surface area (Å²) in [5.74, 6) is 0.998. The Labute approximate surface area is 189 Å². The predicted molar refractivity (Wildman–Crippen MR) is 129 cm³/mol. The number of aliphatic imine (C=N–C) groups is 1. The second kappa shape index (κ2) is 9.47. The van der Waals surface area contributed by atoms with Crippen molar-refractivity contribution in [2.45, 2.75) is 46.1 Å². The zero-order valence-corrected chi connectivity index (χ0v) is 19.9. The smallest absolute Gasteiger partial charge is 0.340 e. The van der Waals surface area contributed by atoms with E-state index in [4.69, 9.17) is 14.2 Å². The maximum absolute atomic E-state index is 13.0. The molecule has 6 nitrogen and oxygen atoms in total. The van der Waals surface area contributed by atoms with Gasteiger partial charge in [-0.1, -0.05) is 32.0 Å². The largest absolute Gasteiger partial charge is 0.493 e. The first kappa shape index (κ1) is 23.4. The van der Waals surface area contributed by atoms with Gasteiger partial charge in [0.25, 0.3) is 0 Å². The molecule has 3 aromatic rings. The molecule has 0 unspecified atom stereocenters. The Morgan fingerprint density at radius 2 is 1.91 bits per heavy atom. The monoisotopic (exact) mass is 436 g/mol. The summed E-state index contributed by atoms with van der Waals surface area (Å²) in [6.07, 6.45) is 1.82. The molecule has 0 aliphatic heterocycles. The van der Waals surface area contributed by atoms with Crippen LogP contribution in [0.1, 0.15) is 61.8 Å². The molecule has 6 heteroatoms. The number of esters is 1. The van der Waals surface area contributed by atoms with Crippen LogP contribution in [0.25, 0.3) is 10.9 Å². The lowest BCUT2D eigenvalue weighted by atomic mass is 9.79. The third kappa shape index (κ3) is 4.49. The fourth-order valence-corrected chi connectivity index (χ4v) is 3.88. The number of aromatic nitrogens is 1. The van der Waals surface area contributed by atoms with Gasteiger partial charge in [0.1, 0.15) is 0 Å². The molecular weight excluding hydrogens is 404 g/mol. The lowest BCUT2D eigenvalue weighted by Crippen LogP contribution is -2.23. The van der Waals surface area contributed by atoms with Gasteiger partial charge in [-0.2, -0.15) is 0 Å². The van der Waals surface area contributed by atoms with E-state index in [0.717, 1.165) is 27.7 Å². The number of aromatic amines is 1. The van der Waals surface area contributed by atoms with Crippen LogP contribution in [0.5, 0.6) is 11.5 Å². The average Bonchev–Trinajstić information content (AvgIpc) is 3.13. The van der Waals surface area contributed by atoms with Crippen molar-refractivity contribution < 1.29 is 19.0 Å². The normalized spacial score (nSPS) is 12.0. The molecule has 0 bridgehead atoms. The number of benzene rings is 2. The van der Waals surface area contributed by atoms with Gasteiger partial charge in [0.05, 0.1) is 25.4 Å². The summed E-state index contributed by atoms with van der Waals surface area (Å²) in [6.45, 7) is 10.2. The number of methoxy groups -OCH3 is 1. The second-order valence-electron chi connectivity index (χ2n) is 8.45. The third-order valence-electron chi connectivity index (χ3n) is 5.45. The molecule has 2 aromatic carbocycles. The summed E-state index contributed by atoms with van der Waals surface area (Å²) in [7, 11) is 3.36. The number of rotatable bonds is 8. The number of hydrogen-bond acceptors (Lipinski definition) is 5. The van der Waals surface area contributed by atoms with E-state index in [2.05, 4.69) is 23.8 Å². The zero-order valence-electron chi connectivity index (χ0n) is 19.9. The van der Waals surface area contributed by atoms with Gasteiger partial charge in [-0.3, -0.25) is 4.99 Å². The van der Waals surface area contributed by atoms with Gasteiger partial charge in [-0.25, -0.2) is 4.79 Å². The highest BCUT2D eigenvalue weighted by atomic mass is 16.5. The van der Waals surface area contributed by atoms with E-state index in [9.17, 15) is 4.79 Å². The van der Waals surface area contributed by atoms with Crippen LogP contribution in [0.2, 0.25) is 0 Å². The fraction of sp³-hybridized carbons (Fsp3) is 0.385. The van der Waals surface area contributed by atoms with Gasteiger partial charge in [-0.15, -0.1) is 0 Å². The minimum Gasteiger partial charge on any atom is -0.493 e. The fourth-order valence-electron chi connectivity index (χ4n) is 3.88. The number of ether oxygens (including phenoxy) is 3. The Balaban J connectivity index is 2.19. The molecule has 0 aliphatic rings. The van der Waals surface area contributed by atoms with E-state index in [-0.39, 0.29) is 12.1 Å². The van der Waals surface area contributed by atoms with Crippen LogP contribution >= 0.6 is 0 Å². The summed E-state index contributed by atoms with van der Waals surface area (Å²) >= 11 is 0. The molecule has 0 aliphatic carbocycles. The maximum atomic E-state index is 13.0. The van der Waals surface area contributed by atoms with Crippen molar-refractivity contribution in [3.05, 3.63) is 58.8 Å². The Bertz CT molecular complexity index is 1140. The highest BCUT2D eigenvalue weighted by Gasteiger charge is 2.33. The molecule has 3 rings (SSSR count). The van der Waals surface area contributed by atoms with Crippen LogP contribution in [0.4, 0.5) is 0 Å². The molecular formula is C26H32N2O4. The van der Waals surface area contributed by atoms with E-state index in [1.807, 2.05) is 57.2 Å². The van der Waals surface area contributed by atoms with Gasteiger partial charge in [0.2, 0.25) is 0 Å². The van der Waals surface area contributed by atoms with Gasteiger partial charge in [-0.05, 0) is 50.1 Å². The lowest BCUT2D eigenvalue weighted by Gasteiger charge is -2.27. The summed E-state index contributed by atoms with van der Waals surface area (Å²) < 4.78 is 16.9. The van der Waals surface area contributed by atoms with Crippen molar-refractivity contribution in [3.8, 4) is 11.5 Å². The van der Waals surface area contributed by atoms with E-state index in [0.29, 0.717) is 23.7 Å². The number of hydrogen-bond donors (Lipinski definition) is 1. The summed E-state index contributed by atoms with van der Waals surface area (Å²) in [4.78, 5) is 20.6. The number of H-pyrrole nitrogens is 1. The quantitative estimate of drug-likeness (QED) is 0.373. The summed E-state index contributed by atoms with van der Waals surface area (Å²) in [5, 5.41) is 0.825. The van der Waals surface area contributed by atoms with Crippen molar-refractivity contribution >= 4 is 23.1 Å². The predicted octanol–water partition coefficient (Wildman–Crippen LogP) is 5.52.